The highest BCUT2D eigenvalue weighted by Crippen LogP contribution is 2.23. The first-order chi connectivity index (χ1) is 7.20. The van der Waals surface area contributed by atoms with Crippen molar-refractivity contribution in [2.24, 2.45) is 0 Å². The molecule has 1 atom stereocenters. The molecule has 0 spiro atoms. The second-order valence-corrected chi connectivity index (χ2v) is 5.01. The van der Waals surface area contributed by atoms with E-state index in [0.717, 1.165) is 19.5 Å². The second-order valence-electron chi connectivity index (χ2n) is 3.50. The molecule has 1 saturated heterocycles. The molecule has 1 aromatic heterocycles. The van der Waals surface area contributed by atoms with Gasteiger partial charge in [0, 0.05) is 18.3 Å². The maximum atomic E-state index is 11.9. The quantitative estimate of drug-likeness (QED) is 0.803. The Labute approximate surface area is 97.8 Å². The van der Waals surface area contributed by atoms with Crippen molar-refractivity contribution in [2.75, 3.05) is 19.3 Å². The fourth-order valence-electron chi connectivity index (χ4n) is 1.69. The van der Waals surface area contributed by atoms with Crippen LogP contribution in [0.3, 0.4) is 0 Å². The van der Waals surface area contributed by atoms with Crippen LogP contribution in [-0.4, -0.2) is 35.4 Å². The number of carbonyl (C=O) groups is 1. The Morgan fingerprint density at radius 1 is 1.67 bits per heavy atom. The number of nitrogens with zero attached hydrogens (tertiary/aromatic N) is 1. The Morgan fingerprint density at radius 3 is 3.00 bits per heavy atom. The van der Waals surface area contributed by atoms with E-state index >= 15 is 0 Å². The fraction of sp³-hybridized carbons (Fsp3) is 0.500. The molecule has 1 aliphatic rings. The minimum Gasteiger partial charge on any atom is -0.440 e. The Balaban J connectivity index is 2.03. The molecule has 0 N–H and O–H groups in total. The summed E-state index contributed by atoms with van der Waals surface area (Å²) in [5.74, 6) is 0.278. The second kappa shape index (κ2) is 4.49. The molecular weight excluding hydrogens is 234 g/mol. The summed E-state index contributed by atoms with van der Waals surface area (Å²) in [6.07, 6.45) is 3.13. The maximum absolute atomic E-state index is 11.9. The van der Waals surface area contributed by atoms with Crippen molar-refractivity contribution >= 4 is 29.3 Å². The normalized spacial score (nSPS) is 20.9. The monoisotopic (exact) mass is 245 g/mol. The van der Waals surface area contributed by atoms with Gasteiger partial charge in [-0.1, -0.05) is 0 Å². The van der Waals surface area contributed by atoms with Crippen molar-refractivity contribution in [1.29, 1.82) is 0 Å². The van der Waals surface area contributed by atoms with Crippen LogP contribution in [0.2, 0.25) is 5.22 Å². The molecule has 2 heterocycles. The van der Waals surface area contributed by atoms with E-state index in [4.69, 9.17) is 16.0 Å². The zero-order valence-electron chi connectivity index (χ0n) is 8.40. The van der Waals surface area contributed by atoms with E-state index in [1.165, 1.54) is 0 Å². The minimum absolute atomic E-state index is 0.0570. The molecule has 1 aliphatic heterocycles. The van der Waals surface area contributed by atoms with Crippen LogP contribution in [0.25, 0.3) is 0 Å². The lowest BCUT2D eigenvalue weighted by Crippen LogP contribution is -2.28. The molecule has 0 bridgehead atoms. The number of halogens is 1. The van der Waals surface area contributed by atoms with Crippen LogP contribution >= 0.6 is 23.4 Å². The highest BCUT2D eigenvalue weighted by Gasteiger charge is 2.27. The Morgan fingerprint density at radius 2 is 2.47 bits per heavy atom. The van der Waals surface area contributed by atoms with E-state index in [1.807, 2.05) is 4.90 Å². The summed E-state index contributed by atoms with van der Waals surface area (Å²) in [6.45, 7) is 1.61. The van der Waals surface area contributed by atoms with Gasteiger partial charge in [-0.05, 0) is 36.4 Å². The van der Waals surface area contributed by atoms with E-state index in [-0.39, 0.29) is 11.1 Å². The van der Waals surface area contributed by atoms with Crippen LogP contribution in [0, 0.1) is 0 Å². The topological polar surface area (TPSA) is 33.5 Å². The number of thioether (sulfide) groups is 1. The molecule has 1 amide bonds. The first-order valence-electron chi connectivity index (χ1n) is 4.78. The molecule has 1 aromatic rings. The molecule has 0 radical (unpaired) electrons. The Bertz CT molecular complexity index is 366. The summed E-state index contributed by atoms with van der Waals surface area (Å²) < 4.78 is 5.09. The van der Waals surface area contributed by atoms with Crippen LogP contribution in [-0.2, 0) is 0 Å². The third-order valence-corrected chi connectivity index (χ3v) is 3.80. The lowest BCUT2D eigenvalue weighted by Gasteiger charge is -2.13. The van der Waals surface area contributed by atoms with Crippen molar-refractivity contribution in [2.45, 2.75) is 11.7 Å². The Hall–Kier alpha value is -0.610. The van der Waals surface area contributed by atoms with Crippen LogP contribution in [0.4, 0.5) is 0 Å². The molecule has 0 unspecified atom stereocenters. The standard InChI is InChI=1S/C10H12ClNO2S/c1-15-7-4-5-12(6-7)10(13)8-2-3-9(11)14-8/h2-3,7H,4-6H2,1H3/t7-/m1/s1. The zero-order chi connectivity index (χ0) is 10.8. The third kappa shape index (κ3) is 2.32. The molecule has 0 aromatic carbocycles. The van der Waals surface area contributed by atoms with Crippen LogP contribution in [0.5, 0.6) is 0 Å². The highest BCUT2D eigenvalue weighted by atomic mass is 35.5. The van der Waals surface area contributed by atoms with Crippen LogP contribution in [0.15, 0.2) is 16.5 Å². The van der Waals surface area contributed by atoms with Gasteiger partial charge < -0.3 is 9.32 Å². The van der Waals surface area contributed by atoms with E-state index in [9.17, 15) is 4.79 Å². The summed E-state index contributed by atoms with van der Waals surface area (Å²) in [4.78, 5) is 13.7. The van der Waals surface area contributed by atoms with Gasteiger partial charge in [0.25, 0.3) is 5.91 Å². The van der Waals surface area contributed by atoms with Gasteiger partial charge in [-0.2, -0.15) is 11.8 Å². The van der Waals surface area contributed by atoms with Crippen molar-refractivity contribution in [3.05, 3.63) is 23.1 Å². The molecule has 2 rings (SSSR count). The largest absolute Gasteiger partial charge is 0.440 e. The predicted octanol–water partition coefficient (Wildman–Crippen LogP) is 2.51. The van der Waals surface area contributed by atoms with E-state index in [0.29, 0.717) is 11.0 Å². The number of carbonyl (C=O) groups excluding carboxylic acids is 1. The minimum atomic E-state index is -0.0570. The van der Waals surface area contributed by atoms with Crippen LogP contribution in [0.1, 0.15) is 17.0 Å². The van der Waals surface area contributed by atoms with Gasteiger partial charge in [0.15, 0.2) is 11.0 Å². The fourth-order valence-corrected chi connectivity index (χ4v) is 2.51. The number of amides is 1. The van der Waals surface area contributed by atoms with E-state index < -0.39 is 0 Å². The molecule has 3 nitrogen and oxygen atoms in total. The maximum Gasteiger partial charge on any atom is 0.289 e. The number of hydrogen-bond acceptors (Lipinski definition) is 3. The van der Waals surface area contributed by atoms with Crippen molar-refractivity contribution in [3.8, 4) is 0 Å². The van der Waals surface area contributed by atoms with Gasteiger partial charge >= 0.3 is 0 Å². The van der Waals surface area contributed by atoms with Gasteiger partial charge in [0.1, 0.15) is 0 Å². The Kier molecular flexibility index (Phi) is 3.26. The summed E-state index contributed by atoms with van der Waals surface area (Å²) in [7, 11) is 0. The SMILES string of the molecule is CS[C@@H]1CCN(C(=O)c2ccc(Cl)o2)C1. The first kappa shape index (κ1) is 10.9. The van der Waals surface area contributed by atoms with Crippen molar-refractivity contribution in [3.63, 3.8) is 0 Å². The van der Waals surface area contributed by atoms with E-state index in [1.54, 1.807) is 23.9 Å². The lowest BCUT2D eigenvalue weighted by molar-refractivity contribution is 0.0762. The lowest BCUT2D eigenvalue weighted by atomic mass is 10.4. The van der Waals surface area contributed by atoms with Gasteiger partial charge in [-0.25, -0.2) is 0 Å². The molecule has 15 heavy (non-hydrogen) atoms. The summed E-state index contributed by atoms with van der Waals surface area (Å²) in [5.41, 5.74) is 0. The van der Waals surface area contributed by atoms with Crippen molar-refractivity contribution in [1.82, 2.24) is 4.90 Å². The molecule has 1 fully saturated rings. The van der Waals surface area contributed by atoms with Gasteiger partial charge in [-0.15, -0.1) is 0 Å². The number of hydrogen-bond donors (Lipinski definition) is 0. The number of furan rings is 1. The molecular formula is C10H12ClNO2S. The predicted molar refractivity (Wildman–Crippen MR) is 61.5 cm³/mol. The smallest absolute Gasteiger partial charge is 0.289 e. The summed E-state index contributed by atoms with van der Waals surface area (Å²) in [5, 5.41) is 0.818. The summed E-state index contributed by atoms with van der Waals surface area (Å²) in [6, 6.07) is 3.22. The van der Waals surface area contributed by atoms with Crippen molar-refractivity contribution < 1.29 is 9.21 Å². The van der Waals surface area contributed by atoms with Crippen LogP contribution < -0.4 is 0 Å². The van der Waals surface area contributed by atoms with Gasteiger partial charge in [0.2, 0.25) is 0 Å². The summed E-state index contributed by atoms with van der Waals surface area (Å²) >= 11 is 7.43. The molecule has 82 valence electrons. The molecule has 0 saturated carbocycles. The molecule has 0 aliphatic carbocycles. The number of rotatable bonds is 2. The average Bonchev–Trinajstić information content (AvgIpc) is 2.84. The number of likely N-dealkylation sites (tertiary alicyclic amines) is 1. The molecule has 5 heteroatoms. The van der Waals surface area contributed by atoms with Gasteiger partial charge in [0.05, 0.1) is 0 Å². The highest BCUT2D eigenvalue weighted by molar-refractivity contribution is 7.99. The first-order valence-corrected chi connectivity index (χ1v) is 6.44. The van der Waals surface area contributed by atoms with E-state index in [2.05, 4.69) is 6.26 Å². The average molecular weight is 246 g/mol. The third-order valence-electron chi connectivity index (χ3n) is 2.55. The zero-order valence-corrected chi connectivity index (χ0v) is 9.98. The van der Waals surface area contributed by atoms with Gasteiger partial charge in [-0.3, -0.25) is 4.79 Å².